The molecule has 14 heavy (non-hydrogen) atoms. The van der Waals surface area contributed by atoms with Crippen LogP contribution in [0.3, 0.4) is 0 Å². The van der Waals surface area contributed by atoms with Crippen molar-refractivity contribution in [2.24, 2.45) is 11.8 Å². The van der Waals surface area contributed by atoms with E-state index in [0.717, 1.165) is 0 Å². The normalized spacial score (nSPS) is 26.4. The molecule has 2 unspecified atom stereocenters. The Kier molecular flexibility index (Phi) is 3.17. The van der Waals surface area contributed by atoms with Gasteiger partial charge in [-0.05, 0) is 6.08 Å². The molecule has 0 saturated heterocycles. The molecule has 0 bridgehead atoms. The minimum absolute atomic E-state index is 0.00509. The maximum Gasteiger partial charge on any atom is 0.306 e. The van der Waals surface area contributed by atoms with Gasteiger partial charge < -0.3 is 14.9 Å². The molecular weight excluding hydrogens is 184 g/mol. The predicted molar refractivity (Wildman–Crippen MR) is 50.7 cm³/mol. The lowest BCUT2D eigenvalue weighted by molar-refractivity contribution is -0.141. The Morgan fingerprint density at radius 2 is 2.21 bits per heavy atom. The van der Waals surface area contributed by atoms with E-state index >= 15 is 0 Å². The summed E-state index contributed by atoms with van der Waals surface area (Å²) in [5, 5.41) is 18.6. The molecule has 0 heterocycles. The van der Waals surface area contributed by atoms with Crippen LogP contribution in [0, 0.1) is 11.8 Å². The first kappa shape index (κ1) is 10.6. The van der Waals surface area contributed by atoms with Crippen molar-refractivity contribution in [1.29, 1.82) is 0 Å². The molecule has 78 valence electrons. The second-order valence-corrected chi connectivity index (χ2v) is 3.39. The first-order valence-corrected chi connectivity index (χ1v) is 4.42. The SMILES string of the molecule is COC(=O)CC1C=C(O)C=C(O)C1C. The number of aliphatic hydroxyl groups excluding tert-OH is 2. The van der Waals surface area contributed by atoms with Gasteiger partial charge in [-0.1, -0.05) is 6.92 Å². The molecule has 0 aromatic heterocycles. The van der Waals surface area contributed by atoms with Gasteiger partial charge in [0.05, 0.1) is 19.3 Å². The van der Waals surface area contributed by atoms with Crippen LogP contribution in [0.4, 0.5) is 0 Å². The van der Waals surface area contributed by atoms with E-state index in [-0.39, 0.29) is 35.7 Å². The van der Waals surface area contributed by atoms with Crippen molar-refractivity contribution >= 4 is 5.97 Å². The molecule has 0 saturated carbocycles. The molecule has 0 amide bonds. The molecule has 4 heteroatoms. The average Bonchev–Trinajstić information content (AvgIpc) is 2.13. The van der Waals surface area contributed by atoms with Crippen LogP contribution < -0.4 is 0 Å². The van der Waals surface area contributed by atoms with Crippen LogP contribution in [0.1, 0.15) is 13.3 Å². The summed E-state index contributed by atoms with van der Waals surface area (Å²) in [5.74, 6) is -0.619. The maximum absolute atomic E-state index is 11.0. The minimum Gasteiger partial charge on any atom is -0.512 e. The second-order valence-electron chi connectivity index (χ2n) is 3.39. The number of hydrogen-bond acceptors (Lipinski definition) is 4. The molecule has 0 radical (unpaired) electrons. The lowest BCUT2D eigenvalue weighted by atomic mass is 9.85. The van der Waals surface area contributed by atoms with Crippen molar-refractivity contribution in [2.75, 3.05) is 7.11 Å². The lowest BCUT2D eigenvalue weighted by Gasteiger charge is -2.22. The first-order valence-electron chi connectivity index (χ1n) is 4.42. The van der Waals surface area contributed by atoms with E-state index in [9.17, 15) is 15.0 Å². The van der Waals surface area contributed by atoms with Gasteiger partial charge in [0.15, 0.2) is 0 Å². The highest BCUT2D eigenvalue weighted by molar-refractivity contribution is 5.70. The van der Waals surface area contributed by atoms with Crippen LogP contribution in [0.15, 0.2) is 23.7 Å². The fourth-order valence-corrected chi connectivity index (χ4v) is 1.43. The third-order valence-electron chi connectivity index (χ3n) is 2.42. The van der Waals surface area contributed by atoms with E-state index in [1.807, 2.05) is 0 Å². The zero-order valence-corrected chi connectivity index (χ0v) is 8.23. The quantitative estimate of drug-likeness (QED) is 0.663. The number of methoxy groups -OCH3 is 1. The van der Waals surface area contributed by atoms with Gasteiger partial charge in [0, 0.05) is 17.9 Å². The van der Waals surface area contributed by atoms with Crippen LogP contribution in [0.5, 0.6) is 0 Å². The van der Waals surface area contributed by atoms with Crippen LogP contribution in [-0.2, 0) is 9.53 Å². The van der Waals surface area contributed by atoms with Crippen molar-refractivity contribution in [1.82, 2.24) is 0 Å². The standard InChI is InChI=1S/C10H14O4/c1-6-7(4-10(13)14-2)3-8(11)5-9(6)12/h3,5-7,11-12H,4H2,1-2H3. The van der Waals surface area contributed by atoms with Gasteiger partial charge in [-0.2, -0.15) is 0 Å². The summed E-state index contributed by atoms with van der Waals surface area (Å²) in [6, 6.07) is 0. The monoisotopic (exact) mass is 198 g/mol. The fraction of sp³-hybridized carbons (Fsp3) is 0.500. The van der Waals surface area contributed by atoms with Crippen molar-refractivity contribution < 1.29 is 19.7 Å². The van der Waals surface area contributed by atoms with Crippen LogP contribution in [0.2, 0.25) is 0 Å². The van der Waals surface area contributed by atoms with E-state index in [2.05, 4.69) is 4.74 Å². The number of hydrogen-bond donors (Lipinski definition) is 2. The summed E-state index contributed by atoms with van der Waals surface area (Å²) >= 11 is 0. The fourth-order valence-electron chi connectivity index (χ4n) is 1.43. The summed E-state index contributed by atoms with van der Waals surface area (Å²) in [7, 11) is 1.31. The molecule has 0 fully saturated rings. The molecule has 1 aliphatic rings. The Labute approximate surface area is 82.5 Å². The second kappa shape index (κ2) is 4.17. The molecule has 1 aliphatic carbocycles. The predicted octanol–water partition coefficient (Wildman–Crippen LogP) is 1.70. The third-order valence-corrected chi connectivity index (χ3v) is 2.42. The Morgan fingerprint density at radius 1 is 1.57 bits per heavy atom. The topological polar surface area (TPSA) is 66.8 Å². The van der Waals surface area contributed by atoms with E-state index in [0.29, 0.717) is 0 Å². The van der Waals surface area contributed by atoms with Crippen LogP contribution in [-0.4, -0.2) is 23.3 Å². The zero-order valence-electron chi connectivity index (χ0n) is 8.23. The van der Waals surface area contributed by atoms with Crippen molar-refractivity contribution in [3.63, 3.8) is 0 Å². The largest absolute Gasteiger partial charge is 0.512 e. The molecule has 2 atom stereocenters. The van der Waals surface area contributed by atoms with Crippen molar-refractivity contribution in [2.45, 2.75) is 13.3 Å². The van der Waals surface area contributed by atoms with Gasteiger partial charge in [-0.15, -0.1) is 0 Å². The number of rotatable bonds is 2. The van der Waals surface area contributed by atoms with Gasteiger partial charge in [0.25, 0.3) is 0 Å². The van der Waals surface area contributed by atoms with Crippen molar-refractivity contribution in [3.8, 4) is 0 Å². The van der Waals surface area contributed by atoms with Crippen molar-refractivity contribution in [3.05, 3.63) is 23.7 Å². The number of ether oxygens (including phenoxy) is 1. The number of allylic oxidation sites excluding steroid dienone is 3. The summed E-state index contributed by atoms with van der Waals surface area (Å²) in [6.07, 6.45) is 3.01. The molecule has 0 aromatic carbocycles. The van der Waals surface area contributed by atoms with Gasteiger partial charge >= 0.3 is 5.97 Å². The highest BCUT2D eigenvalue weighted by Gasteiger charge is 2.25. The van der Waals surface area contributed by atoms with Gasteiger partial charge in [0.2, 0.25) is 0 Å². The number of esters is 1. The summed E-state index contributed by atoms with van der Waals surface area (Å²) in [4.78, 5) is 11.0. The molecule has 4 nitrogen and oxygen atoms in total. The van der Waals surface area contributed by atoms with Gasteiger partial charge in [0.1, 0.15) is 5.76 Å². The Balaban J connectivity index is 2.71. The number of carbonyl (C=O) groups excluding carboxylic acids is 1. The molecule has 0 aliphatic heterocycles. The summed E-state index contributed by atoms with van der Waals surface area (Å²) in [5.41, 5.74) is 0. The Morgan fingerprint density at radius 3 is 2.79 bits per heavy atom. The average molecular weight is 198 g/mol. The first-order chi connectivity index (χ1) is 6.54. The van der Waals surface area contributed by atoms with E-state index < -0.39 is 0 Å². The summed E-state index contributed by atoms with van der Waals surface area (Å²) < 4.78 is 4.52. The number of aliphatic hydroxyl groups is 2. The number of carbonyl (C=O) groups is 1. The molecule has 0 spiro atoms. The van der Waals surface area contributed by atoms with E-state index in [1.54, 1.807) is 13.0 Å². The van der Waals surface area contributed by atoms with Gasteiger partial charge in [-0.3, -0.25) is 4.79 Å². The molecular formula is C10H14O4. The molecule has 0 aromatic rings. The highest BCUT2D eigenvalue weighted by atomic mass is 16.5. The van der Waals surface area contributed by atoms with E-state index in [4.69, 9.17) is 0 Å². The molecule has 2 N–H and O–H groups in total. The van der Waals surface area contributed by atoms with Crippen LogP contribution in [0.25, 0.3) is 0 Å². The maximum atomic E-state index is 11.0. The van der Waals surface area contributed by atoms with Crippen LogP contribution >= 0.6 is 0 Å². The lowest BCUT2D eigenvalue weighted by Crippen LogP contribution is -2.20. The van der Waals surface area contributed by atoms with Gasteiger partial charge in [-0.25, -0.2) is 0 Å². The highest BCUT2D eigenvalue weighted by Crippen LogP contribution is 2.29. The smallest absolute Gasteiger partial charge is 0.306 e. The molecule has 1 rings (SSSR count). The summed E-state index contributed by atoms with van der Waals surface area (Å²) in [6.45, 7) is 1.79. The Bertz CT molecular complexity index is 290. The Hall–Kier alpha value is -1.45. The van der Waals surface area contributed by atoms with E-state index in [1.165, 1.54) is 13.2 Å². The third kappa shape index (κ3) is 2.28. The zero-order chi connectivity index (χ0) is 10.7. The minimum atomic E-state index is -0.347.